The number of aromatic nitrogens is 1. The Bertz CT molecular complexity index is 367. The van der Waals surface area contributed by atoms with E-state index in [4.69, 9.17) is 4.98 Å². The standard InChI is InChI=1S/C13H23N3S2/c1-4-5-14-10(2)11-8-18-13(15-11)12-9-17-7-6-16(12)3/h8,10,12,14H,4-7,9H2,1-3H3. The third-order valence-electron chi connectivity index (χ3n) is 3.37. The van der Waals surface area contributed by atoms with Crippen LogP contribution < -0.4 is 5.32 Å². The van der Waals surface area contributed by atoms with Crippen LogP contribution in [0.25, 0.3) is 0 Å². The number of hydrogen-bond donors (Lipinski definition) is 1. The van der Waals surface area contributed by atoms with Crippen molar-refractivity contribution in [3.63, 3.8) is 0 Å². The topological polar surface area (TPSA) is 28.2 Å². The van der Waals surface area contributed by atoms with Crippen LogP contribution in [-0.2, 0) is 0 Å². The lowest BCUT2D eigenvalue weighted by Crippen LogP contribution is -2.32. The predicted molar refractivity (Wildman–Crippen MR) is 81.5 cm³/mol. The summed E-state index contributed by atoms with van der Waals surface area (Å²) in [6.07, 6.45) is 1.17. The summed E-state index contributed by atoms with van der Waals surface area (Å²) in [4.78, 5) is 7.27. The zero-order valence-electron chi connectivity index (χ0n) is 11.5. The van der Waals surface area contributed by atoms with Gasteiger partial charge in [0.05, 0.1) is 11.7 Å². The minimum Gasteiger partial charge on any atom is -0.309 e. The summed E-state index contributed by atoms with van der Waals surface area (Å²) in [6.45, 7) is 6.63. The highest BCUT2D eigenvalue weighted by Gasteiger charge is 2.24. The Balaban J connectivity index is 2.00. The molecule has 1 N–H and O–H groups in total. The number of nitrogens with one attached hydrogen (secondary N) is 1. The van der Waals surface area contributed by atoms with E-state index in [1.54, 1.807) is 0 Å². The highest BCUT2D eigenvalue weighted by atomic mass is 32.2. The summed E-state index contributed by atoms with van der Waals surface area (Å²) in [5, 5.41) is 7.00. The first-order valence-corrected chi connectivity index (χ1v) is 8.72. The van der Waals surface area contributed by atoms with Gasteiger partial charge in [-0.25, -0.2) is 4.98 Å². The molecule has 1 aromatic heterocycles. The first-order valence-electron chi connectivity index (χ1n) is 6.69. The molecule has 0 spiro atoms. The quantitative estimate of drug-likeness (QED) is 0.900. The zero-order chi connectivity index (χ0) is 13.0. The van der Waals surface area contributed by atoms with Crippen LogP contribution in [0.1, 0.15) is 43.1 Å². The molecule has 1 aliphatic heterocycles. The molecule has 2 rings (SSSR count). The average Bonchev–Trinajstić information content (AvgIpc) is 2.86. The van der Waals surface area contributed by atoms with E-state index in [9.17, 15) is 0 Å². The highest BCUT2D eigenvalue weighted by molar-refractivity contribution is 7.99. The Morgan fingerprint density at radius 1 is 1.61 bits per heavy atom. The van der Waals surface area contributed by atoms with Gasteiger partial charge in [-0.1, -0.05) is 6.92 Å². The summed E-state index contributed by atoms with van der Waals surface area (Å²) < 4.78 is 0. The fourth-order valence-corrected chi connectivity index (χ4v) is 4.47. The molecule has 1 aromatic rings. The molecule has 3 nitrogen and oxygen atoms in total. The van der Waals surface area contributed by atoms with Crippen LogP contribution in [0.4, 0.5) is 0 Å². The first kappa shape index (κ1) is 14.3. The maximum atomic E-state index is 4.84. The summed E-state index contributed by atoms with van der Waals surface area (Å²) in [7, 11) is 2.21. The Kier molecular flexibility index (Phi) is 5.48. The Morgan fingerprint density at radius 2 is 2.44 bits per heavy atom. The van der Waals surface area contributed by atoms with Gasteiger partial charge in [0.2, 0.25) is 0 Å². The van der Waals surface area contributed by atoms with Crippen LogP contribution in [0.3, 0.4) is 0 Å². The van der Waals surface area contributed by atoms with Crippen molar-refractivity contribution in [2.24, 2.45) is 0 Å². The number of thioether (sulfide) groups is 1. The van der Waals surface area contributed by atoms with Crippen molar-refractivity contribution in [2.75, 3.05) is 31.6 Å². The van der Waals surface area contributed by atoms with E-state index < -0.39 is 0 Å². The van der Waals surface area contributed by atoms with Crippen molar-refractivity contribution >= 4 is 23.1 Å². The normalized spacial score (nSPS) is 23.2. The molecule has 2 heterocycles. The summed E-state index contributed by atoms with van der Waals surface area (Å²) in [5.74, 6) is 2.43. The molecule has 0 saturated carbocycles. The second-order valence-corrected chi connectivity index (χ2v) is 6.90. The molecule has 1 saturated heterocycles. The van der Waals surface area contributed by atoms with E-state index in [1.807, 2.05) is 23.1 Å². The Morgan fingerprint density at radius 3 is 3.17 bits per heavy atom. The van der Waals surface area contributed by atoms with Crippen molar-refractivity contribution in [1.29, 1.82) is 0 Å². The largest absolute Gasteiger partial charge is 0.309 e. The molecule has 0 amide bonds. The third kappa shape index (κ3) is 3.47. The zero-order valence-corrected chi connectivity index (χ0v) is 13.1. The molecule has 18 heavy (non-hydrogen) atoms. The van der Waals surface area contributed by atoms with Crippen LogP contribution in [-0.4, -0.2) is 41.5 Å². The SMILES string of the molecule is CCCNC(C)c1csc(C2CSCCN2C)n1. The second-order valence-electron chi connectivity index (χ2n) is 4.86. The maximum Gasteiger partial charge on any atom is 0.111 e. The minimum absolute atomic E-state index is 0.372. The fraction of sp³-hybridized carbons (Fsp3) is 0.769. The van der Waals surface area contributed by atoms with Crippen LogP contribution in [0.5, 0.6) is 0 Å². The van der Waals surface area contributed by atoms with E-state index in [-0.39, 0.29) is 0 Å². The highest BCUT2D eigenvalue weighted by Crippen LogP contribution is 2.31. The van der Waals surface area contributed by atoms with Gasteiger partial charge < -0.3 is 5.32 Å². The van der Waals surface area contributed by atoms with Gasteiger partial charge in [0.25, 0.3) is 0 Å². The van der Waals surface area contributed by atoms with E-state index in [0.717, 1.165) is 6.54 Å². The van der Waals surface area contributed by atoms with Gasteiger partial charge in [-0.05, 0) is 26.9 Å². The van der Waals surface area contributed by atoms with Crippen molar-refractivity contribution in [3.8, 4) is 0 Å². The molecule has 0 radical (unpaired) electrons. The van der Waals surface area contributed by atoms with E-state index in [1.165, 1.54) is 35.2 Å². The molecular weight excluding hydrogens is 262 g/mol. The van der Waals surface area contributed by atoms with E-state index in [0.29, 0.717) is 12.1 Å². The number of rotatable bonds is 5. The second kappa shape index (κ2) is 6.89. The van der Waals surface area contributed by atoms with E-state index in [2.05, 4.69) is 36.5 Å². The van der Waals surface area contributed by atoms with Crippen molar-refractivity contribution in [3.05, 3.63) is 16.1 Å². The minimum atomic E-state index is 0.372. The van der Waals surface area contributed by atoms with E-state index >= 15 is 0 Å². The summed E-state index contributed by atoms with van der Waals surface area (Å²) >= 11 is 3.86. The molecule has 0 bridgehead atoms. The predicted octanol–water partition coefficient (Wildman–Crippen LogP) is 2.92. The van der Waals surface area contributed by atoms with Gasteiger partial charge in [0.1, 0.15) is 5.01 Å². The van der Waals surface area contributed by atoms with Gasteiger partial charge in [0.15, 0.2) is 0 Å². The lowest BCUT2D eigenvalue weighted by Gasteiger charge is -2.30. The number of thiazole rings is 1. The monoisotopic (exact) mass is 285 g/mol. The lowest BCUT2D eigenvalue weighted by molar-refractivity contribution is 0.273. The molecule has 0 aliphatic carbocycles. The fourth-order valence-electron chi connectivity index (χ4n) is 2.06. The number of hydrogen-bond acceptors (Lipinski definition) is 5. The van der Waals surface area contributed by atoms with Gasteiger partial charge in [-0.15, -0.1) is 11.3 Å². The van der Waals surface area contributed by atoms with Crippen molar-refractivity contribution in [2.45, 2.75) is 32.4 Å². The average molecular weight is 285 g/mol. The number of nitrogens with zero attached hydrogens (tertiary/aromatic N) is 2. The maximum absolute atomic E-state index is 4.84. The van der Waals surface area contributed by atoms with Crippen LogP contribution in [0, 0.1) is 0 Å². The smallest absolute Gasteiger partial charge is 0.111 e. The first-order chi connectivity index (χ1) is 8.72. The summed E-state index contributed by atoms with van der Waals surface area (Å²) in [5.41, 5.74) is 1.20. The van der Waals surface area contributed by atoms with Gasteiger partial charge in [-0.2, -0.15) is 11.8 Å². The molecule has 2 unspecified atom stereocenters. The summed E-state index contributed by atoms with van der Waals surface area (Å²) in [6, 6.07) is 0.886. The van der Waals surface area contributed by atoms with Gasteiger partial charge >= 0.3 is 0 Å². The van der Waals surface area contributed by atoms with Crippen LogP contribution in [0.2, 0.25) is 0 Å². The molecule has 5 heteroatoms. The molecule has 102 valence electrons. The third-order valence-corrected chi connectivity index (χ3v) is 5.35. The van der Waals surface area contributed by atoms with Gasteiger partial charge in [0, 0.05) is 29.5 Å². The molecule has 2 atom stereocenters. The van der Waals surface area contributed by atoms with Crippen LogP contribution >= 0.6 is 23.1 Å². The Hall–Kier alpha value is -0.100. The molecule has 1 aliphatic rings. The van der Waals surface area contributed by atoms with Crippen molar-refractivity contribution < 1.29 is 0 Å². The van der Waals surface area contributed by atoms with Crippen LogP contribution in [0.15, 0.2) is 5.38 Å². The molecule has 1 fully saturated rings. The lowest BCUT2D eigenvalue weighted by atomic mass is 10.2. The van der Waals surface area contributed by atoms with Gasteiger partial charge in [-0.3, -0.25) is 4.90 Å². The van der Waals surface area contributed by atoms with Crippen molar-refractivity contribution in [1.82, 2.24) is 15.2 Å². The molecule has 0 aromatic carbocycles. The Labute approximate surface area is 118 Å². The molecular formula is C13H23N3S2.